The molecule has 0 fully saturated rings. The van der Waals surface area contributed by atoms with Gasteiger partial charge >= 0.3 is 0 Å². The van der Waals surface area contributed by atoms with Gasteiger partial charge in [-0.05, 0) is 63.7 Å². The van der Waals surface area contributed by atoms with E-state index < -0.39 is 0 Å². The molecule has 10 rings (SSSR count). The van der Waals surface area contributed by atoms with Gasteiger partial charge in [0.05, 0.1) is 22.8 Å². The maximum absolute atomic E-state index is 2.72. The standard InChI is InChI=1S/C59H54N2.ClH/c1-38-33-51(40(3)44-21-11-7-12-22-44)56(52(34-38)41(4)45-23-13-8-14-24-45)60-37-61(59-50-32-20-30-48-29-19-31-49(55(48)50)58(59)60)57-53(42(5)46-25-15-9-16-26-46)35-39(2)36-54(57)43(6)47-27-17-10-18-28-47;/h7-36,40-43H,37H2,1-6H3;1H/t40-,41-,42-,43-;/m1./s1. The predicted molar refractivity (Wildman–Crippen MR) is 266 cm³/mol. The van der Waals surface area contributed by atoms with Crippen LogP contribution in [0.5, 0.6) is 0 Å². The summed E-state index contributed by atoms with van der Waals surface area (Å²) in [4.78, 5) is 5.45. The largest absolute Gasteiger partial charge is 0.320 e. The fraction of sp³-hybridized carbons (Fsp3) is 0.186. The normalized spacial score (nSPS) is 15.0. The van der Waals surface area contributed by atoms with Crippen molar-refractivity contribution in [2.45, 2.75) is 65.2 Å². The highest BCUT2D eigenvalue weighted by molar-refractivity contribution is 6.21. The Labute approximate surface area is 374 Å². The highest BCUT2D eigenvalue weighted by Gasteiger charge is 2.43. The summed E-state index contributed by atoms with van der Waals surface area (Å²) in [5.41, 5.74) is 21.2. The number of nitrogens with zero attached hydrogens (tertiary/aromatic N) is 2. The second kappa shape index (κ2) is 16.8. The molecule has 0 unspecified atom stereocenters. The van der Waals surface area contributed by atoms with Gasteiger partial charge in [-0.1, -0.05) is 221 Å². The van der Waals surface area contributed by atoms with Crippen molar-refractivity contribution in [3.63, 3.8) is 0 Å². The zero-order valence-electron chi connectivity index (χ0n) is 36.6. The van der Waals surface area contributed by atoms with Crippen LogP contribution in [0, 0.1) is 13.8 Å². The summed E-state index contributed by atoms with van der Waals surface area (Å²) in [6.45, 7) is 14.8. The van der Waals surface area contributed by atoms with E-state index in [-0.39, 0.29) is 36.1 Å². The minimum absolute atomic E-state index is 0. The van der Waals surface area contributed by atoms with Crippen molar-refractivity contribution in [3.8, 4) is 0 Å². The molecule has 2 nitrogen and oxygen atoms in total. The second-order valence-corrected chi connectivity index (χ2v) is 17.5. The lowest BCUT2D eigenvalue weighted by Gasteiger charge is -2.35. The second-order valence-electron chi connectivity index (χ2n) is 17.5. The fourth-order valence-corrected chi connectivity index (χ4v) is 10.5. The molecule has 0 spiro atoms. The van der Waals surface area contributed by atoms with E-state index in [4.69, 9.17) is 0 Å². The number of benzene rings is 8. The van der Waals surface area contributed by atoms with Crippen molar-refractivity contribution in [2.75, 3.05) is 16.5 Å². The first-order valence-corrected chi connectivity index (χ1v) is 22.1. The summed E-state index contributed by atoms with van der Waals surface area (Å²) in [6, 6.07) is 68.1. The summed E-state index contributed by atoms with van der Waals surface area (Å²) < 4.78 is 0. The third-order valence-electron chi connectivity index (χ3n) is 13.7. The lowest BCUT2D eigenvalue weighted by molar-refractivity contribution is 0.842. The number of halogens is 1. The van der Waals surface area contributed by atoms with Crippen LogP contribution >= 0.6 is 12.4 Å². The molecule has 3 heteroatoms. The van der Waals surface area contributed by atoms with Crippen molar-refractivity contribution in [3.05, 3.63) is 249 Å². The Bertz CT molecular complexity index is 2590. The molecule has 2 aliphatic rings. The lowest BCUT2D eigenvalue weighted by Crippen LogP contribution is -2.32. The molecule has 0 radical (unpaired) electrons. The Kier molecular flexibility index (Phi) is 11.1. The van der Waals surface area contributed by atoms with E-state index in [1.54, 1.807) is 0 Å². The molecule has 0 bridgehead atoms. The zero-order chi connectivity index (χ0) is 41.8. The van der Waals surface area contributed by atoms with Crippen molar-refractivity contribution in [1.29, 1.82) is 0 Å². The van der Waals surface area contributed by atoms with Crippen LogP contribution in [0.3, 0.4) is 0 Å². The molecule has 308 valence electrons. The number of anilines is 2. The van der Waals surface area contributed by atoms with Crippen molar-refractivity contribution >= 4 is 45.9 Å². The Morgan fingerprint density at radius 2 is 0.661 bits per heavy atom. The SMILES string of the molecule is Cc1cc([C@H](C)c2ccccc2)c(N2CN(c3c([C@H](C)c4ccccc4)cc(C)cc3[C@H](C)c3ccccc3)C3=C2c2cccc4cccc3c24)c([C@H](C)c2ccccc2)c1.Cl. The van der Waals surface area contributed by atoms with Gasteiger partial charge in [-0.15, -0.1) is 12.4 Å². The van der Waals surface area contributed by atoms with Gasteiger partial charge in [0.1, 0.15) is 6.67 Å². The lowest BCUT2D eigenvalue weighted by atomic mass is 9.83. The van der Waals surface area contributed by atoms with E-state index in [1.807, 2.05) is 0 Å². The molecular weight excluding hydrogens is 772 g/mol. The molecule has 0 N–H and O–H groups in total. The first-order valence-electron chi connectivity index (χ1n) is 22.1. The van der Waals surface area contributed by atoms with Gasteiger partial charge in [0.15, 0.2) is 0 Å². The molecule has 4 atom stereocenters. The quantitative estimate of drug-likeness (QED) is 0.136. The van der Waals surface area contributed by atoms with Crippen molar-refractivity contribution < 1.29 is 0 Å². The monoisotopic (exact) mass is 826 g/mol. The third kappa shape index (κ3) is 7.01. The number of rotatable bonds is 10. The molecule has 1 heterocycles. The molecule has 1 aliphatic heterocycles. The van der Waals surface area contributed by atoms with Crippen LogP contribution in [0.25, 0.3) is 22.2 Å². The van der Waals surface area contributed by atoms with Crippen LogP contribution < -0.4 is 9.80 Å². The van der Waals surface area contributed by atoms with Crippen molar-refractivity contribution in [1.82, 2.24) is 0 Å². The van der Waals surface area contributed by atoms with Gasteiger partial charge in [0.25, 0.3) is 0 Å². The highest BCUT2D eigenvalue weighted by atomic mass is 35.5. The number of aryl methyl sites for hydroxylation is 2. The van der Waals surface area contributed by atoms with E-state index in [1.165, 1.54) is 100 Å². The molecule has 0 amide bonds. The van der Waals surface area contributed by atoms with Crippen LogP contribution in [-0.2, 0) is 0 Å². The maximum Gasteiger partial charge on any atom is 0.100 e. The number of fused-ring (bicyclic) bond motifs is 2. The van der Waals surface area contributed by atoms with E-state index in [0.29, 0.717) is 6.67 Å². The van der Waals surface area contributed by atoms with Gasteiger partial charge in [-0.2, -0.15) is 0 Å². The molecule has 0 aromatic heterocycles. The summed E-state index contributed by atoms with van der Waals surface area (Å²) >= 11 is 0. The van der Waals surface area contributed by atoms with Crippen LogP contribution in [0.1, 0.15) is 118 Å². The van der Waals surface area contributed by atoms with Crippen LogP contribution in [0.4, 0.5) is 11.4 Å². The fourth-order valence-electron chi connectivity index (χ4n) is 10.5. The molecule has 62 heavy (non-hydrogen) atoms. The molecule has 0 saturated heterocycles. The Morgan fingerprint density at radius 1 is 0.371 bits per heavy atom. The Hall–Kier alpha value is -6.35. The van der Waals surface area contributed by atoms with Crippen LogP contribution in [-0.4, -0.2) is 6.67 Å². The average molecular weight is 828 g/mol. The van der Waals surface area contributed by atoms with Gasteiger partial charge in [0.2, 0.25) is 0 Å². The summed E-state index contributed by atoms with van der Waals surface area (Å²) in [5.74, 6) is 0.656. The third-order valence-corrected chi connectivity index (χ3v) is 13.7. The van der Waals surface area contributed by atoms with E-state index >= 15 is 0 Å². The summed E-state index contributed by atoms with van der Waals surface area (Å²) in [7, 11) is 0. The Balaban J connectivity index is 0.00000490. The number of hydrogen-bond acceptors (Lipinski definition) is 2. The first kappa shape index (κ1) is 41.0. The van der Waals surface area contributed by atoms with Gasteiger partial charge in [-0.25, -0.2) is 0 Å². The molecule has 1 aliphatic carbocycles. The van der Waals surface area contributed by atoms with Crippen LogP contribution in [0.15, 0.2) is 182 Å². The van der Waals surface area contributed by atoms with E-state index in [0.717, 1.165) is 0 Å². The zero-order valence-corrected chi connectivity index (χ0v) is 37.5. The average Bonchev–Trinajstić information content (AvgIpc) is 3.86. The van der Waals surface area contributed by atoms with Gasteiger partial charge < -0.3 is 9.80 Å². The topological polar surface area (TPSA) is 6.48 Å². The van der Waals surface area contributed by atoms with Gasteiger partial charge in [-0.3, -0.25) is 0 Å². The molecule has 8 aromatic rings. The minimum atomic E-state index is 0. The van der Waals surface area contributed by atoms with E-state index in [9.17, 15) is 0 Å². The molecule has 0 saturated carbocycles. The summed E-state index contributed by atoms with van der Waals surface area (Å²) in [6.07, 6.45) is 0. The predicted octanol–water partition coefficient (Wildman–Crippen LogP) is 15.6. The van der Waals surface area contributed by atoms with E-state index in [2.05, 4.69) is 233 Å². The molecule has 8 aromatic carbocycles. The summed E-state index contributed by atoms with van der Waals surface area (Å²) in [5, 5.41) is 2.62. The maximum atomic E-state index is 2.72. The van der Waals surface area contributed by atoms with Crippen LogP contribution in [0.2, 0.25) is 0 Å². The minimum Gasteiger partial charge on any atom is -0.320 e. The molecular formula is C59H55ClN2. The smallest absolute Gasteiger partial charge is 0.100 e. The number of hydrogen-bond donors (Lipinski definition) is 0. The Morgan fingerprint density at radius 3 is 0.952 bits per heavy atom. The van der Waals surface area contributed by atoms with Crippen molar-refractivity contribution in [2.24, 2.45) is 0 Å². The van der Waals surface area contributed by atoms with Gasteiger partial charge in [0, 0.05) is 40.2 Å². The first-order chi connectivity index (χ1) is 29.8. The highest BCUT2D eigenvalue weighted by Crippen LogP contribution is 2.56.